The molecule has 7 nitrogen and oxygen atoms in total. The zero-order chi connectivity index (χ0) is 21.0. The second-order valence-corrected chi connectivity index (χ2v) is 6.24. The molecule has 3 N–H and O–H groups in total. The Hall–Kier alpha value is -3.56. The highest BCUT2D eigenvalue weighted by molar-refractivity contribution is 6.40. The van der Waals surface area contributed by atoms with Gasteiger partial charge in [-0.1, -0.05) is 0 Å². The lowest BCUT2D eigenvalue weighted by Crippen LogP contribution is -2.40. The van der Waals surface area contributed by atoms with Crippen molar-refractivity contribution in [3.8, 4) is 5.75 Å². The zero-order valence-electron chi connectivity index (χ0n) is 15.2. The van der Waals surface area contributed by atoms with Gasteiger partial charge in [0, 0.05) is 24.0 Å². The third kappa shape index (κ3) is 5.03. The number of pyridine rings is 1. The molecule has 0 saturated carbocycles. The molecule has 3 aromatic rings. The van der Waals surface area contributed by atoms with Crippen molar-refractivity contribution in [1.29, 1.82) is 0 Å². The number of hydrogen-bond donors (Lipinski definition) is 3. The van der Waals surface area contributed by atoms with E-state index in [0.29, 0.717) is 11.1 Å². The maximum atomic E-state index is 12.6. The highest BCUT2D eigenvalue weighted by atomic mass is 19.4. The van der Waals surface area contributed by atoms with Crippen LogP contribution in [0.25, 0.3) is 10.9 Å². The molecule has 2 heterocycles. The van der Waals surface area contributed by atoms with Gasteiger partial charge in [-0.3, -0.25) is 14.6 Å². The van der Waals surface area contributed by atoms with Crippen LogP contribution in [-0.4, -0.2) is 34.4 Å². The van der Waals surface area contributed by atoms with Gasteiger partial charge in [-0.15, -0.1) is 0 Å². The molecule has 0 saturated heterocycles. The van der Waals surface area contributed by atoms with E-state index in [9.17, 15) is 22.8 Å². The van der Waals surface area contributed by atoms with E-state index in [2.05, 4.69) is 20.6 Å². The van der Waals surface area contributed by atoms with E-state index in [1.807, 2.05) is 0 Å². The van der Waals surface area contributed by atoms with E-state index in [1.54, 1.807) is 31.6 Å². The second kappa shape index (κ2) is 8.21. The van der Waals surface area contributed by atoms with Crippen LogP contribution in [0.5, 0.6) is 5.75 Å². The average molecular weight is 406 g/mol. The molecule has 152 valence electrons. The number of rotatable bonds is 5. The number of nitrogens with one attached hydrogen (secondary N) is 3. The number of carbonyl (C=O) groups is 2. The molecule has 0 radical (unpaired) electrons. The van der Waals surface area contributed by atoms with Crippen molar-refractivity contribution in [2.75, 3.05) is 11.9 Å². The lowest BCUT2D eigenvalue weighted by atomic mass is 10.2. The Bertz CT molecular complexity index is 1020. The van der Waals surface area contributed by atoms with Gasteiger partial charge in [-0.2, -0.15) is 13.2 Å². The molecular formula is C19H17F3N4O3. The van der Waals surface area contributed by atoms with Crippen molar-refractivity contribution in [1.82, 2.24) is 15.3 Å². The first kappa shape index (κ1) is 20.2. The molecule has 0 spiro atoms. The molecular weight excluding hydrogens is 389 g/mol. The Kier molecular flexibility index (Phi) is 5.71. The first-order valence-electron chi connectivity index (χ1n) is 8.58. The van der Waals surface area contributed by atoms with Crippen LogP contribution >= 0.6 is 0 Å². The maximum absolute atomic E-state index is 12.6. The highest BCUT2D eigenvalue weighted by Gasteiger charge is 2.30. The van der Waals surface area contributed by atoms with Crippen molar-refractivity contribution >= 4 is 28.4 Å². The van der Waals surface area contributed by atoms with Gasteiger partial charge in [-0.05, 0) is 37.3 Å². The van der Waals surface area contributed by atoms with Crippen LogP contribution in [-0.2, 0) is 15.8 Å². The van der Waals surface area contributed by atoms with E-state index in [1.165, 1.54) is 12.1 Å². The fourth-order valence-electron chi connectivity index (χ4n) is 2.56. The Morgan fingerprint density at radius 1 is 1.17 bits per heavy atom. The van der Waals surface area contributed by atoms with Gasteiger partial charge in [-0.25, -0.2) is 0 Å². The summed E-state index contributed by atoms with van der Waals surface area (Å²) in [5, 5.41) is 5.57. The summed E-state index contributed by atoms with van der Waals surface area (Å²) in [6.07, 6.45) is -0.296. The maximum Gasteiger partial charge on any atom is 0.416 e. The van der Waals surface area contributed by atoms with Crippen LogP contribution in [0.2, 0.25) is 0 Å². The number of benzene rings is 1. The normalized spacial score (nSPS) is 12.4. The molecule has 0 fully saturated rings. The summed E-state index contributed by atoms with van der Waals surface area (Å²) < 4.78 is 43.1. The summed E-state index contributed by atoms with van der Waals surface area (Å²) in [4.78, 5) is 31.0. The molecule has 0 bridgehead atoms. The van der Waals surface area contributed by atoms with Gasteiger partial charge in [0.05, 0.1) is 23.3 Å². The van der Waals surface area contributed by atoms with Gasteiger partial charge in [0.25, 0.3) is 0 Å². The number of fused-ring (bicyclic) bond motifs is 1. The zero-order valence-corrected chi connectivity index (χ0v) is 15.2. The van der Waals surface area contributed by atoms with Crippen LogP contribution in [0.3, 0.4) is 0 Å². The fraction of sp³-hybridized carbons (Fsp3) is 0.211. The summed E-state index contributed by atoms with van der Waals surface area (Å²) in [5.74, 6) is -1.52. The fourth-order valence-corrected chi connectivity index (χ4v) is 2.56. The van der Waals surface area contributed by atoms with Gasteiger partial charge in [0.15, 0.2) is 0 Å². The minimum atomic E-state index is -4.42. The van der Waals surface area contributed by atoms with Gasteiger partial charge < -0.3 is 20.4 Å². The summed E-state index contributed by atoms with van der Waals surface area (Å²) in [6.45, 7) is 1.60. The Labute approximate surface area is 163 Å². The summed E-state index contributed by atoms with van der Waals surface area (Å²) >= 11 is 0. The molecule has 0 aliphatic heterocycles. The average Bonchev–Trinajstić information content (AvgIpc) is 3.09. The highest BCUT2D eigenvalue weighted by Crippen LogP contribution is 2.30. The van der Waals surface area contributed by atoms with Crippen LogP contribution in [0.1, 0.15) is 12.5 Å². The first-order chi connectivity index (χ1) is 13.7. The quantitative estimate of drug-likeness (QED) is 0.568. The molecule has 0 aliphatic carbocycles. The number of nitrogens with zero attached hydrogens (tertiary/aromatic N) is 1. The summed E-state index contributed by atoms with van der Waals surface area (Å²) in [5.41, 5.74) is 0.395. The molecule has 1 atom stereocenters. The monoisotopic (exact) mass is 406 g/mol. The first-order valence-corrected chi connectivity index (χ1v) is 8.58. The smallest absolute Gasteiger partial charge is 0.416 e. The van der Waals surface area contributed by atoms with E-state index < -0.39 is 29.7 Å². The predicted octanol–water partition coefficient (Wildman–Crippen LogP) is 3.10. The van der Waals surface area contributed by atoms with Crippen molar-refractivity contribution in [2.24, 2.45) is 0 Å². The molecule has 29 heavy (non-hydrogen) atoms. The number of halogens is 3. The number of alkyl halides is 3. The molecule has 0 aliphatic rings. The summed E-state index contributed by atoms with van der Waals surface area (Å²) in [6, 6.07) is 5.93. The van der Waals surface area contributed by atoms with E-state index in [-0.39, 0.29) is 12.3 Å². The number of ether oxygens (including phenoxy) is 1. The topological polar surface area (TPSA) is 96.1 Å². The number of aromatic nitrogens is 2. The summed E-state index contributed by atoms with van der Waals surface area (Å²) in [7, 11) is 0. The lowest BCUT2D eigenvalue weighted by molar-refractivity contribution is -0.137. The van der Waals surface area contributed by atoms with Crippen molar-refractivity contribution < 1.29 is 27.5 Å². The Balaban J connectivity index is 1.50. The van der Waals surface area contributed by atoms with Crippen LogP contribution in [0, 0.1) is 0 Å². The molecule has 10 heteroatoms. The largest absolute Gasteiger partial charge is 0.489 e. The van der Waals surface area contributed by atoms with Crippen molar-refractivity contribution in [3.63, 3.8) is 0 Å². The molecule has 2 aromatic heterocycles. The van der Waals surface area contributed by atoms with Crippen LogP contribution in [0.4, 0.5) is 18.9 Å². The number of H-pyrrole nitrogens is 1. The third-order valence-electron chi connectivity index (χ3n) is 4.01. The third-order valence-corrected chi connectivity index (χ3v) is 4.01. The molecule has 2 amide bonds. The number of carbonyl (C=O) groups excluding carboxylic acids is 2. The lowest BCUT2D eigenvalue weighted by Gasteiger charge is -2.16. The van der Waals surface area contributed by atoms with E-state index in [0.717, 1.165) is 17.6 Å². The predicted molar refractivity (Wildman–Crippen MR) is 99.3 cm³/mol. The van der Waals surface area contributed by atoms with E-state index >= 15 is 0 Å². The standard InChI is InChI=1S/C19H17F3N4O3/c1-11(29-13-4-2-12(3-5-13)19(20,21)22)8-25-17(27)18(28)26-16-10-24-15-6-7-23-9-14(15)16/h2-7,9-11,24H,8H2,1H3,(H,25,27)(H,26,28). The van der Waals surface area contributed by atoms with Gasteiger partial charge >= 0.3 is 18.0 Å². The van der Waals surface area contributed by atoms with Crippen molar-refractivity contribution in [3.05, 3.63) is 54.5 Å². The number of hydrogen-bond acceptors (Lipinski definition) is 4. The Morgan fingerprint density at radius 3 is 2.59 bits per heavy atom. The second-order valence-electron chi connectivity index (χ2n) is 6.24. The molecule has 3 rings (SSSR count). The van der Waals surface area contributed by atoms with Gasteiger partial charge in [0.1, 0.15) is 11.9 Å². The van der Waals surface area contributed by atoms with E-state index in [4.69, 9.17) is 4.74 Å². The Morgan fingerprint density at radius 2 is 1.90 bits per heavy atom. The minimum Gasteiger partial charge on any atom is -0.489 e. The molecule has 1 unspecified atom stereocenters. The number of amides is 2. The SMILES string of the molecule is CC(CNC(=O)C(=O)Nc1c[nH]c2ccncc12)Oc1ccc(C(F)(F)F)cc1. The number of aromatic amines is 1. The van der Waals surface area contributed by atoms with Gasteiger partial charge in [0.2, 0.25) is 0 Å². The number of anilines is 1. The van der Waals surface area contributed by atoms with Crippen molar-refractivity contribution in [2.45, 2.75) is 19.2 Å². The van der Waals surface area contributed by atoms with Crippen LogP contribution < -0.4 is 15.4 Å². The minimum absolute atomic E-state index is 0.0112. The van der Waals surface area contributed by atoms with Crippen LogP contribution in [0.15, 0.2) is 48.9 Å². The molecule has 1 aromatic carbocycles.